The van der Waals surface area contributed by atoms with Gasteiger partial charge in [0.1, 0.15) is 24.7 Å². The second-order valence-corrected chi connectivity index (χ2v) is 4.10. The molecule has 0 aliphatic rings. The van der Waals surface area contributed by atoms with Gasteiger partial charge >= 0.3 is 0 Å². The molecule has 1 heterocycles. The van der Waals surface area contributed by atoms with Gasteiger partial charge in [-0.15, -0.1) is 0 Å². The Hall–Kier alpha value is -2.07. The van der Waals surface area contributed by atoms with Crippen LogP contribution in [0.25, 0.3) is 0 Å². The van der Waals surface area contributed by atoms with E-state index in [-0.39, 0.29) is 6.61 Å². The van der Waals surface area contributed by atoms with Gasteiger partial charge in [0.2, 0.25) is 0 Å². The monoisotopic (exact) mass is 259 g/mol. The van der Waals surface area contributed by atoms with Gasteiger partial charge in [-0.1, -0.05) is 18.2 Å². The van der Waals surface area contributed by atoms with Gasteiger partial charge < -0.3 is 14.6 Å². The molecule has 1 N–H and O–H groups in total. The Morgan fingerprint density at radius 1 is 1.11 bits per heavy atom. The van der Waals surface area contributed by atoms with Crippen LogP contribution >= 0.6 is 0 Å². The molecule has 0 amide bonds. The summed E-state index contributed by atoms with van der Waals surface area (Å²) in [6.45, 7) is 2.68. The first kappa shape index (κ1) is 13.4. The molecule has 0 aliphatic heterocycles. The van der Waals surface area contributed by atoms with Crippen molar-refractivity contribution >= 4 is 0 Å². The normalized spacial score (nSPS) is 10.2. The standard InChI is InChI=1S/C15H17NO3/c1-12-9-15(13(11-17)10-16-12)19-8-7-18-14-5-3-2-4-6-14/h2-6,9-10,17H,7-8,11H2,1H3. The van der Waals surface area contributed by atoms with Crippen LogP contribution in [-0.4, -0.2) is 23.3 Å². The maximum Gasteiger partial charge on any atom is 0.128 e. The molecule has 0 saturated carbocycles. The largest absolute Gasteiger partial charge is 0.490 e. The van der Waals surface area contributed by atoms with Gasteiger partial charge in [0, 0.05) is 23.5 Å². The average Bonchev–Trinajstić information content (AvgIpc) is 2.45. The van der Waals surface area contributed by atoms with Crippen molar-refractivity contribution in [2.45, 2.75) is 13.5 Å². The number of hydrogen-bond acceptors (Lipinski definition) is 4. The van der Waals surface area contributed by atoms with Crippen molar-refractivity contribution in [1.29, 1.82) is 0 Å². The highest BCUT2D eigenvalue weighted by Gasteiger charge is 2.04. The van der Waals surface area contributed by atoms with Crippen molar-refractivity contribution in [1.82, 2.24) is 4.98 Å². The van der Waals surface area contributed by atoms with Crippen molar-refractivity contribution in [3.05, 3.63) is 53.9 Å². The molecule has 0 aliphatic carbocycles. The third-order valence-electron chi connectivity index (χ3n) is 2.60. The zero-order valence-corrected chi connectivity index (χ0v) is 10.9. The van der Waals surface area contributed by atoms with Gasteiger partial charge in [0.25, 0.3) is 0 Å². The number of aliphatic hydroxyl groups is 1. The van der Waals surface area contributed by atoms with Gasteiger partial charge in [-0.05, 0) is 19.1 Å². The SMILES string of the molecule is Cc1cc(OCCOc2ccccc2)c(CO)cn1. The van der Waals surface area contributed by atoms with E-state index in [1.807, 2.05) is 43.3 Å². The Balaban J connectivity index is 1.84. The summed E-state index contributed by atoms with van der Waals surface area (Å²) in [5.74, 6) is 1.48. The topological polar surface area (TPSA) is 51.6 Å². The van der Waals surface area contributed by atoms with Gasteiger partial charge in [-0.2, -0.15) is 0 Å². The summed E-state index contributed by atoms with van der Waals surface area (Å²) in [6, 6.07) is 11.4. The minimum atomic E-state index is -0.0812. The highest BCUT2D eigenvalue weighted by atomic mass is 16.5. The average molecular weight is 259 g/mol. The molecule has 19 heavy (non-hydrogen) atoms. The van der Waals surface area contributed by atoms with E-state index < -0.39 is 0 Å². The number of rotatable bonds is 6. The summed E-state index contributed by atoms with van der Waals surface area (Å²) >= 11 is 0. The fourth-order valence-electron chi connectivity index (χ4n) is 1.64. The molecule has 0 radical (unpaired) electrons. The second kappa shape index (κ2) is 6.75. The number of aryl methyl sites for hydroxylation is 1. The Morgan fingerprint density at radius 2 is 1.84 bits per heavy atom. The molecule has 2 aromatic rings. The highest BCUT2D eigenvalue weighted by molar-refractivity contribution is 5.32. The van der Waals surface area contributed by atoms with Crippen LogP contribution in [0.4, 0.5) is 0 Å². The van der Waals surface area contributed by atoms with Crippen LogP contribution in [0.2, 0.25) is 0 Å². The zero-order chi connectivity index (χ0) is 13.5. The number of para-hydroxylation sites is 1. The number of aromatic nitrogens is 1. The van der Waals surface area contributed by atoms with Gasteiger partial charge in [-0.25, -0.2) is 0 Å². The van der Waals surface area contributed by atoms with E-state index in [0.717, 1.165) is 11.4 Å². The fourth-order valence-corrected chi connectivity index (χ4v) is 1.64. The predicted octanol–water partition coefficient (Wildman–Crippen LogP) is 2.34. The predicted molar refractivity (Wildman–Crippen MR) is 72.3 cm³/mol. The Morgan fingerprint density at radius 3 is 2.58 bits per heavy atom. The Bertz CT molecular complexity index is 514. The highest BCUT2D eigenvalue weighted by Crippen LogP contribution is 2.18. The van der Waals surface area contributed by atoms with E-state index >= 15 is 0 Å². The Kier molecular flexibility index (Phi) is 4.75. The van der Waals surface area contributed by atoms with E-state index in [4.69, 9.17) is 9.47 Å². The molecule has 0 atom stereocenters. The summed E-state index contributed by atoms with van der Waals surface area (Å²) in [5, 5.41) is 9.19. The number of hydrogen-bond donors (Lipinski definition) is 1. The zero-order valence-electron chi connectivity index (χ0n) is 10.9. The maximum absolute atomic E-state index is 9.19. The lowest BCUT2D eigenvalue weighted by Crippen LogP contribution is -2.10. The van der Waals surface area contributed by atoms with E-state index in [2.05, 4.69) is 4.98 Å². The smallest absolute Gasteiger partial charge is 0.128 e. The molecular formula is C15H17NO3. The van der Waals surface area contributed by atoms with Crippen LogP contribution in [-0.2, 0) is 6.61 Å². The minimum absolute atomic E-state index is 0.0812. The lowest BCUT2D eigenvalue weighted by atomic mass is 10.2. The lowest BCUT2D eigenvalue weighted by molar-refractivity contribution is 0.209. The third kappa shape index (κ3) is 3.96. The fraction of sp³-hybridized carbons (Fsp3) is 0.267. The first-order chi connectivity index (χ1) is 9.29. The van der Waals surface area contributed by atoms with Crippen molar-refractivity contribution < 1.29 is 14.6 Å². The maximum atomic E-state index is 9.19. The number of ether oxygens (including phenoxy) is 2. The van der Waals surface area contributed by atoms with Crippen molar-refractivity contribution in [2.24, 2.45) is 0 Å². The van der Waals surface area contributed by atoms with Crippen LogP contribution in [0.1, 0.15) is 11.3 Å². The molecule has 0 unspecified atom stereocenters. The number of nitrogens with zero attached hydrogens (tertiary/aromatic N) is 1. The number of pyridine rings is 1. The molecule has 0 spiro atoms. The van der Waals surface area contributed by atoms with Crippen LogP contribution in [0.3, 0.4) is 0 Å². The van der Waals surface area contributed by atoms with E-state index in [0.29, 0.717) is 24.5 Å². The van der Waals surface area contributed by atoms with Crippen molar-refractivity contribution in [2.75, 3.05) is 13.2 Å². The molecule has 0 bridgehead atoms. The van der Waals surface area contributed by atoms with Crippen molar-refractivity contribution in [3.8, 4) is 11.5 Å². The molecule has 4 nitrogen and oxygen atoms in total. The first-order valence-corrected chi connectivity index (χ1v) is 6.16. The van der Waals surface area contributed by atoms with E-state index in [1.54, 1.807) is 6.20 Å². The van der Waals surface area contributed by atoms with Gasteiger partial charge in [0.15, 0.2) is 0 Å². The third-order valence-corrected chi connectivity index (χ3v) is 2.60. The van der Waals surface area contributed by atoms with E-state index in [1.165, 1.54) is 0 Å². The lowest BCUT2D eigenvalue weighted by Gasteiger charge is -2.11. The summed E-state index contributed by atoms with van der Waals surface area (Å²) in [5.41, 5.74) is 1.54. The van der Waals surface area contributed by atoms with E-state index in [9.17, 15) is 5.11 Å². The summed E-state index contributed by atoms with van der Waals surface area (Å²) in [6.07, 6.45) is 1.63. The summed E-state index contributed by atoms with van der Waals surface area (Å²) in [7, 11) is 0. The van der Waals surface area contributed by atoms with Crippen molar-refractivity contribution in [3.63, 3.8) is 0 Å². The van der Waals surface area contributed by atoms with Crippen LogP contribution in [0.15, 0.2) is 42.6 Å². The van der Waals surface area contributed by atoms with Crippen LogP contribution in [0, 0.1) is 6.92 Å². The first-order valence-electron chi connectivity index (χ1n) is 6.16. The quantitative estimate of drug-likeness (QED) is 0.809. The molecule has 1 aromatic heterocycles. The van der Waals surface area contributed by atoms with Gasteiger partial charge in [-0.3, -0.25) is 4.98 Å². The molecule has 0 fully saturated rings. The molecule has 2 rings (SSSR count). The minimum Gasteiger partial charge on any atom is -0.490 e. The number of benzene rings is 1. The number of aliphatic hydroxyl groups excluding tert-OH is 1. The molecular weight excluding hydrogens is 242 g/mol. The van der Waals surface area contributed by atoms with Crippen LogP contribution < -0.4 is 9.47 Å². The van der Waals surface area contributed by atoms with Gasteiger partial charge in [0.05, 0.1) is 6.61 Å². The molecule has 0 saturated heterocycles. The summed E-state index contributed by atoms with van der Waals surface area (Å²) < 4.78 is 11.1. The molecule has 4 heteroatoms. The van der Waals surface area contributed by atoms with Crippen LogP contribution in [0.5, 0.6) is 11.5 Å². The summed E-state index contributed by atoms with van der Waals surface area (Å²) in [4.78, 5) is 4.12. The second-order valence-electron chi connectivity index (χ2n) is 4.10. The molecule has 100 valence electrons. The molecule has 1 aromatic carbocycles. The Labute approximate surface area is 112 Å².